The van der Waals surface area contributed by atoms with Gasteiger partial charge in [0.1, 0.15) is 6.04 Å². The van der Waals surface area contributed by atoms with Crippen LogP contribution in [0.1, 0.15) is 34.6 Å². The molecule has 2 amide bonds. The molecule has 0 heterocycles. The zero-order valence-electron chi connectivity index (χ0n) is 12.0. The average molecular weight is 260 g/mol. The Morgan fingerprint density at radius 1 is 1.22 bits per heavy atom. The van der Waals surface area contributed by atoms with Crippen molar-refractivity contribution in [1.29, 1.82) is 0 Å². The quantitative estimate of drug-likeness (QED) is 0.693. The van der Waals surface area contributed by atoms with E-state index in [4.69, 9.17) is 9.84 Å². The van der Waals surface area contributed by atoms with Crippen LogP contribution < -0.4 is 10.6 Å². The second-order valence-electron chi connectivity index (χ2n) is 6.05. The maximum atomic E-state index is 11.8. The number of aliphatic carboxylic acids is 1. The number of nitrogens with one attached hydrogen (secondary N) is 2. The fraction of sp³-hybridized carbons (Fsp3) is 0.833. The smallest absolute Gasteiger partial charge is 0.326 e. The standard InChI is InChI=1S/C12H24N2O4/c1-11(2,3)8(9(15)16)13-10(17)14-12(4,5)7-18-6/h8H,7H2,1-6H3,(H,15,16)(H2,13,14,17)/t8-/m1/s1. The minimum Gasteiger partial charge on any atom is -0.480 e. The molecule has 6 nitrogen and oxygen atoms in total. The zero-order valence-corrected chi connectivity index (χ0v) is 12.0. The molecule has 0 aliphatic rings. The lowest BCUT2D eigenvalue weighted by Crippen LogP contribution is -2.57. The highest BCUT2D eigenvalue weighted by Crippen LogP contribution is 2.19. The molecule has 3 N–H and O–H groups in total. The Hall–Kier alpha value is -1.30. The predicted octanol–water partition coefficient (Wildman–Crippen LogP) is 1.21. The van der Waals surface area contributed by atoms with E-state index >= 15 is 0 Å². The molecular formula is C12H24N2O4. The van der Waals surface area contributed by atoms with Crippen LogP contribution in [0.5, 0.6) is 0 Å². The van der Waals surface area contributed by atoms with Crippen molar-refractivity contribution < 1.29 is 19.4 Å². The van der Waals surface area contributed by atoms with Gasteiger partial charge in [0.15, 0.2) is 0 Å². The molecule has 0 aliphatic heterocycles. The largest absolute Gasteiger partial charge is 0.480 e. The Labute approximate surface area is 108 Å². The highest BCUT2D eigenvalue weighted by molar-refractivity contribution is 5.83. The molecule has 0 aromatic rings. The van der Waals surface area contributed by atoms with Crippen molar-refractivity contribution in [2.75, 3.05) is 13.7 Å². The van der Waals surface area contributed by atoms with Gasteiger partial charge >= 0.3 is 12.0 Å². The maximum Gasteiger partial charge on any atom is 0.326 e. The summed E-state index contributed by atoms with van der Waals surface area (Å²) in [6, 6.07) is -1.46. The van der Waals surface area contributed by atoms with Crippen molar-refractivity contribution in [2.24, 2.45) is 5.41 Å². The van der Waals surface area contributed by atoms with Crippen molar-refractivity contribution >= 4 is 12.0 Å². The molecule has 0 bridgehead atoms. The lowest BCUT2D eigenvalue weighted by molar-refractivity contribution is -0.141. The second kappa shape index (κ2) is 6.04. The molecule has 0 fully saturated rings. The summed E-state index contributed by atoms with van der Waals surface area (Å²) in [4.78, 5) is 22.9. The van der Waals surface area contributed by atoms with Crippen LogP contribution >= 0.6 is 0 Å². The van der Waals surface area contributed by atoms with Gasteiger partial charge < -0.3 is 20.5 Å². The predicted molar refractivity (Wildman–Crippen MR) is 68.5 cm³/mol. The molecule has 0 saturated heterocycles. The molecule has 0 spiro atoms. The molecule has 0 aliphatic carbocycles. The first-order valence-corrected chi connectivity index (χ1v) is 5.80. The summed E-state index contributed by atoms with van der Waals surface area (Å²) in [6.07, 6.45) is 0. The minimum absolute atomic E-state index is 0.341. The molecule has 6 heteroatoms. The molecule has 0 rings (SSSR count). The summed E-state index contributed by atoms with van der Waals surface area (Å²) < 4.78 is 4.97. The molecular weight excluding hydrogens is 236 g/mol. The van der Waals surface area contributed by atoms with Crippen molar-refractivity contribution in [2.45, 2.75) is 46.2 Å². The summed E-state index contributed by atoms with van der Waals surface area (Å²) in [6.45, 7) is 9.20. The first-order chi connectivity index (χ1) is 7.99. The first-order valence-electron chi connectivity index (χ1n) is 5.80. The van der Waals surface area contributed by atoms with E-state index < -0.39 is 29.0 Å². The van der Waals surface area contributed by atoms with Gasteiger partial charge in [-0.15, -0.1) is 0 Å². The van der Waals surface area contributed by atoms with Crippen molar-refractivity contribution in [3.63, 3.8) is 0 Å². The Balaban J connectivity index is 4.59. The first kappa shape index (κ1) is 16.7. The number of rotatable bonds is 5. The lowest BCUT2D eigenvalue weighted by atomic mass is 9.87. The van der Waals surface area contributed by atoms with E-state index in [9.17, 15) is 9.59 Å². The van der Waals surface area contributed by atoms with Gasteiger partial charge in [0.05, 0.1) is 12.1 Å². The third kappa shape index (κ3) is 5.86. The van der Waals surface area contributed by atoms with Crippen LogP contribution in [0.4, 0.5) is 4.79 Å². The van der Waals surface area contributed by atoms with Crippen LogP contribution in [0, 0.1) is 5.41 Å². The Bertz CT molecular complexity index is 308. The number of carbonyl (C=O) groups excluding carboxylic acids is 1. The van der Waals surface area contributed by atoms with Gasteiger partial charge in [-0.2, -0.15) is 0 Å². The van der Waals surface area contributed by atoms with Crippen LogP contribution in [0.25, 0.3) is 0 Å². The highest BCUT2D eigenvalue weighted by Gasteiger charge is 2.33. The number of carboxylic acid groups (broad SMARTS) is 1. The van der Waals surface area contributed by atoms with Gasteiger partial charge in [-0.05, 0) is 19.3 Å². The molecule has 0 unspecified atom stereocenters. The number of amides is 2. The summed E-state index contributed by atoms with van der Waals surface area (Å²) in [5.41, 5.74) is -1.12. The third-order valence-corrected chi connectivity index (χ3v) is 2.35. The molecule has 0 aromatic carbocycles. The van der Waals surface area contributed by atoms with Gasteiger partial charge in [0.2, 0.25) is 0 Å². The number of carbonyl (C=O) groups is 2. The molecule has 0 aromatic heterocycles. The van der Waals surface area contributed by atoms with E-state index in [1.54, 1.807) is 34.6 Å². The van der Waals surface area contributed by atoms with E-state index in [-0.39, 0.29) is 0 Å². The molecule has 0 radical (unpaired) electrons. The number of methoxy groups -OCH3 is 1. The fourth-order valence-corrected chi connectivity index (χ4v) is 1.52. The zero-order chi connectivity index (χ0) is 14.6. The number of urea groups is 1. The SMILES string of the molecule is COCC(C)(C)NC(=O)N[C@H](C(=O)O)C(C)(C)C. The van der Waals surface area contributed by atoms with E-state index in [0.717, 1.165) is 0 Å². The lowest BCUT2D eigenvalue weighted by Gasteiger charge is -2.31. The fourth-order valence-electron chi connectivity index (χ4n) is 1.52. The monoisotopic (exact) mass is 260 g/mol. The van der Waals surface area contributed by atoms with Gasteiger partial charge in [0.25, 0.3) is 0 Å². The van der Waals surface area contributed by atoms with Crippen LogP contribution in [-0.2, 0) is 9.53 Å². The van der Waals surface area contributed by atoms with Crippen molar-refractivity contribution in [3.8, 4) is 0 Å². The molecule has 106 valence electrons. The molecule has 18 heavy (non-hydrogen) atoms. The van der Waals surface area contributed by atoms with Gasteiger partial charge in [0, 0.05) is 7.11 Å². The Morgan fingerprint density at radius 2 is 1.72 bits per heavy atom. The Morgan fingerprint density at radius 3 is 2.06 bits per heavy atom. The van der Waals surface area contributed by atoms with Gasteiger partial charge in [-0.1, -0.05) is 20.8 Å². The van der Waals surface area contributed by atoms with Crippen LogP contribution in [0.2, 0.25) is 0 Å². The van der Waals surface area contributed by atoms with E-state index in [2.05, 4.69) is 10.6 Å². The van der Waals surface area contributed by atoms with Gasteiger partial charge in [-0.3, -0.25) is 0 Å². The maximum absolute atomic E-state index is 11.8. The van der Waals surface area contributed by atoms with E-state index in [0.29, 0.717) is 6.61 Å². The summed E-state index contributed by atoms with van der Waals surface area (Å²) in [5, 5.41) is 14.2. The van der Waals surface area contributed by atoms with E-state index in [1.165, 1.54) is 7.11 Å². The second-order valence-corrected chi connectivity index (χ2v) is 6.05. The number of hydrogen-bond donors (Lipinski definition) is 3. The number of carboxylic acids is 1. The molecule has 1 atom stereocenters. The third-order valence-electron chi connectivity index (χ3n) is 2.35. The Kier molecular flexibility index (Phi) is 5.60. The van der Waals surface area contributed by atoms with E-state index in [1.807, 2.05) is 0 Å². The minimum atomic E-state index is -1.05. The molecule has 0 saturated carbocycles. The highest BCUT2D eigenvalue weighted by atomic mass is 16.5. The topological polar surface area (TPSA) is 87.7 Å². The van der Waals surface area contributed by atoms with Crippen LogP contribution in [-0.4, -0.2) is 42.4 Å². The van der Waals surface area contributed by atoms with Crippen molar-refractivity contribution in [1.82, 2.24) is 10.6 Å². The van der Waals surface area contributed by atoms with Crippen LogP contribution in [0.15, 0.2) is 0 Å². The normalized spacial score (nSPS) is 13.9. The number of hydrogen-bond acceptors (Lipinski definition) is 3. The summed E-state index contributed by atoms with van der Waals surface area (Å²) in [5.74, 6) is -1.05. The van der Waals surface area contributed by atoms with Crippen molar-refractivity contribution in [3.05, 3.63) is 0 Å². The van der Waals surface area contributed by atoms with Crippen LogP contribution in [0.3, 0.4) is 0 Å². The number of ether oxygens (including phenoxy) is 1. The summed E-state index contributed by atoms with van der Waals surface area (Å²) in [7, 11) is 1.54. The average Bonchev–Trinajstić information content (AvgIpc) is 2.10. The summed E-state index contributed by atoms with van der Waals surface area (Å²) >= 11 is 0. The van der Waals surface area contributed by atoms with Gasteiger partial charge in [-0.25, -0.2) is 9.59 Å².